The molecule has 1 aliphatic rings. The van der Waals surface area contributed by atoms with Gasteiger partial charge in [-0.05, 0) is 31.7 Å². The molecule has 0 aliphatic heterocycles. The summed E-state index contributed by atoms with van der Waals surface area (Å²) in [7, 11) is 0. The second-order valence-electron chi connectivity index (χ2n) is 5.39. The molecular formula is C15H23NO2. The molecule has 0 radical (unpaired) electrons. The van der Waals surface area contributed by atoms with Crippen LogP contribution in [0.3, 0.4) is 0 Å². The van der Waals surface area contributed by atoms with Gasteiger partial charge in [0.05, 0.1) is 5.60 Å². The predicted molar refractivity (Wildman–Crippen MR) is 71.2 cm³/mol. The molecule has 3 unspecified atom stereocenters. The zero-order valence-electron chi connectivity index (χ0n) is 11.3. The van der Waals surface area contributed by atoms with E-state index in [9.17, 15) is 5.11 Å². The predicted octanol–water partition coefficient (Wildman–Crippen LogP) is 3.10. The number of hydrogen-bond donors (Lipinski definition) is 1. The summed E-state index contributed by atoms with van der Waals surface area (Å²) < 4.78 is 5.98. The Morgan fingerprint density at radius 3 is 3.06 bits per heavy atom. The molecule has 1 heterocycles. The molecule has 18 heavy (non-hydrogen) atoms. The molecule has 3 heteroatoms. The fourth-order valence-electron chi connectivity index (χ4n) is 3.13. The van der Waals surface area contributed by atoms with Crippen molar-refractivity contribution in [2.24, 2.45) is 5.92 Å². The lowest BCUT2D eigenvalue weighted by Gasteiger charge is -2.43. The molecule has 100 valence electrons. The van der Waals surface area contributed by atoms with Crippen molar-refractivity contribution in [3.8, 4) is 0 Å². The van der Waals surface area contributed by atoms with Crippen LogP contribution in [0.4, 0.5) is 0 Å². The fraction of sp³-hybridized carbons (Fsp3) is 0.667. The minimum Gasteiger partial charge on any atom is -0.385 e. The standard InChI is InChI=1S/C15H23NO2/c1-3-18-15(8-4-6-12(2)10-15)14(17)13-7-5-9-16-11-13/h5,7,9,11-12,14,17H,3-4,6,8,10H2,1-2H3. The number of ether oxygens (including phenoxy) is 1. The molecule has 1 fully saturated rings. The van der Waals surface area contributed by atoms with Crippen molar-refractivity contribution < 1.29 is 9.84 Å². The summed E-state index contributed by atoms with van der Waals surface area (Å²) in [6, 6.07) is 3.79. The Morgan fingerprint density at radius 2 is 2.44 bits per heavy atom. The van der Waals surface area contributed by atoms with Crippen molar-refractivity contribution in [2.75, 3.05) is 6.61 Å². The first-order chi connectivity index (χ1) is 8.68. The molecule has 1 aliphatic carbocycles. The zero-order chi connectivity index (χ0) is 13.0. The number of aliphatic hydroxyl groups excluding tert-OH is 1. The third-order valence-electron chi connectivity index (χ3n) is 3.92. The van der Waals surface area contributed by atoms with Gasteiger partial charge in [-0.15, -0.1) is 0 Å². The highest BCUT2D eigenvalue weighted by molar-refractivity contribution is 5.17. The van der Waals surface area contributed by atoms with E-state index in [4.69, 9.17) is 4.74 Å². The third kappa shape index (κ3) is 2.73. The molecule has 0 amide bonds. The van der Waals surface area contributed by atoms with E-state index in [1.165, 1.54) is 6.42 Å². The van der Waals surface area contributed by atoms with Gasteiger partial charge in [0.25, 0.3) is 0 Å². The number of nitrogens with zero attached hydrogens (tertiary/aromatic N) is 1. The fourth-order valence-corrected chi connectivity index (χ4v) is 3.13. The van der Waals surface area contributed by atoms with E-state index < -0.39 is 11.7 Å². The smallest absolute Gasteiger partial charge is 0.109 e. The highest BCUT2D eigenvalue weighted by atomic mass is 16.5. The van der Waals surface area contributed by atoms with E-state index in [0.717, 1.165) is 24.8 Å². The second kappa shape index (κ2) is 5.81. The van der Waals surface area contributed by atoms with Crippen molar-refractivity contribution in [1.82, 2.24) is 4.98 Å². The van der Waals surface area contributed by atoms with Gasteiger partial charge in [0.2, 0.25) is 0 Å². The van der Waals surface area contributed by atoms with Gasteiger partial charge in [-0.2, -0.15) is 0 Å². The minimum absolute atomic E-state index is 0.421. The second-order valence-corrected chi connectivity index (χ2v) is 5.39. The first kappa shape index (κ1) is 13.5. The number of aliphatic hydroxyl groups is 1. The summed E-state index contributed by atoms with van der Waals surface area (Å²) in [5.41, 5.74) is 0.440. The van der Waals surface area contributed by atoms with Gasteiger partial charge >= 0.3 is 0 Å². The quantitative estimate of drug-likeness (QED) is 0.891. The van der Waals surface area contributed by atoms with E-state index in [0.29, 0.717) is 12.5 Å². The van der Waals surface area contributed by atoms with Gasteiger partial charge in [0, 0.05) is 24.6 Å². The van der Waals surface area contributed by atoms with Crippen LogP contribution in [0, 0.1) is 5.92 Å². The first-order valence-corrected chi connectivity index (χ1v) is 6.90. The SMILES string of the molecule is CCOC1(C(O)c2cccnc2)CCCC(C)C1. The van der Waals surface area contributed by atoms with Crippen molar-refractivity contribution in [3.05, 3.63) is 30.1 Å². The summed E-state index contributed by atoms with van der Waals surface area (Å²) in [6.45, 7) is 4.88. The maximum Gasteiger partial charge on any atom is 0.109 e. The van der Waals surface area contributed by atoms with Gasteiger partial charge in [-0.25, -0.2) is 0 Å². The van der Waals surface area contributed by atoms with Crippen molar-refractivity contribution in [2.45, 2.75) is 51.2 Å². The van der Waals surface area contributed by atoms with Crippen LogP contribution in [0.2, 0.25) is 0 Å². The number of hydrogen-bond acceptors (Lipinski definition) is 3. The van der Waals surface area contributed by atoms with Crippen LogP contribution < -0.4 is 0 Å². The van der Waals surface area contributed by atoms with E-state index in [-0.39, 0.29) is 0 Å². The summed E-state index contributed by atoms with van der Waals surface area (Å²) in [4.78, 5) is 4.10. The average molecular weight is 249 g/mol. The van der Waals surface area contributed by atoms with Crippen molar-refractivity contribution in [3.63, 3.8) is 0 Å². The van der Waals surface area contributed by atoms with Crippen LogP contribution in [-0.2, 0) is 4.74 Å². The molecule has 1 N–H and O–H groups in total. The van der Waals surface area contributed by atoms with Gasteiger partial charge in [0.1, 0.15) is 6.10 Å². The maximum atomic E-state index is 10.7. The van der Waals surface area contributed by atoms with E-state index in [1.54, 1.807) is 12.4 Å². The van der Waals surface area contributed by atoms with Crippen LogP contribution in [0.5, 0.6) is 0 Å². The Balaban J connectivity index is 2.23. The Kier molecular flexibility index (Phi) is 4.36. The molecule has 1 aromatic rings. The van der Waals surface area contributed by atoms with Crippen LogP contribution in [0.1, 0.15) is 51.2 Å². The summed E-state index contributed by atoms with van der Waals surface area (Å²) in [5, 5.41) is 10.7. The van der Waals surface area contributed by atoms with E-state index >= 15 is 0 Å². The molecule has 0 bridgehead atoms. The topological polar surface area (TPSA) is 42.4 Å². The lowest BCUT2D eigenvalue weighted by molar-refractivity contribution is -0.150. The lowest BCUT2D eigenvalue weighted by atomic mass is 9.74. The van der Waals surface area contributed by atoms with E-state index in [1.807, 2.05) is 19.1 Å². The molecular weight excluding hydrogens is 226 g/mol. The van der Waals surface area contributed by atoms with Gasteiger partial charge in [-0.3, -0.25) is 4.98 Å². The summed E-state index contributed by atoms with van der Waals surface area (Å²) >= 11 is 0. The van der Waals surface area contributed by atoms with Crippen LogP contribution >= 0.6 is 0 Å². The molecule has 1 saturated carbocycles. The molecule has 3 nitrogen and oxygen atoms in total. The number of pyridine rings is 1. The highest BCUT2D eigenvalue weighted by Crippen LogP contribution is 2.43. The van der Waals surface area contributed by atoms with Gasteiger partial charge in [-0.1, -0.05) is 25.8 Å². The van der Waals surface area contributed by atoms with Crippen molar-refractivity contribution >= 4 is 0 Å². The summed E-state index contributed by atoms with van der Waals surface area (Å²) in [6.07, 6.45) is 7.11. The molecule has 2 rings (SSSR count). The minimum atomic E-state index is -0.575. The highest BCUT2D eigenvalue weighted by Gasteiger charge is 2.42. The largest absolute Gasteiger partial charge is 0.385 e. The molecule has 3 atom stereocenters. The van der Waals surface area contributed by atoms with Crippen molar-refractivity contribution in [1.29, 1.82) is 0 Å². The van der Waals surface area contributed by atoms with Gasteiger partial charge < -0.3 is 9.84 Å². The first-order valence-electron chi connectivity index (χ1n) is 6.90. The molecule has 0 spiro atoms. The van der Waals surface area contributed by atoms with Crippen LogP contribution in [0.15, 0.2) is 24.5 Å². The number of aromatic nitrogens is 1. The van der Waals surface area contributed by atoms with Gasteiger partial charge in [0.15, 0.2) is 0 Å². The molecule has 1 aromatic heterocycles. The Bertz CT molecular complexity index is 364. The Hall–Kier alpha value is -0.930. The average Bonchev–Trinajstić information content (AvgIpc) is 2.39. The normalized spacial score (nSPS) is 30.1. The monoisotopic (exact) mass is 249 g/mol. The Morgan fingerprint density at radius 1 is 1.61 bits per heavy atom. The lowest BCUT2D eigenvalue weighted by Crippen LogP contribution is -2.43. The zero-order valence-corrected chi connectivity index (χ0v) is 11.3. The summed E-state index contributed by atoms with van der Waals surface area (Å²) in [5.74, 6) is 0.608. The van der Waals surface area contributed by atoms with Crippen LogP contribution in [-0.4, -0.2) is 22.3 Å². The molecule has 0 aromatic carbocycles. The van der Waals surface area contributed by atoms with E-state index in [2.05, 4.69) is 11.9 Å². The molecule has 0 saturated heterocycles. The number of rotatable bonds is 4. The maximum absolute atomic E-state index is 10.7. The van der Waals surface area contributed by atoms with Crippen LogP contribution in [0.25, 0.3) is 0 Å². The Labute approximate surface area is 109 Å². The third-order valence-corrected chi connectivity index (χ3v) is 3.92.